The quantitative estimate of drug-likeness (QED) is 0.169. The van der Waals surface area contributed by atoms with Crippen LogP contribution < -0.4 is 4.90 Å². The van der Waals surface area contributed by atoms with Crippen molar-refractivity contribution < 1.29 is 30.3 Å². The van der Waals surface area contributed by atoms with Crippen molar-refractivity contribution in [3.8, 4) is 45.2 Å². The van der Waals surface area contributed by atoms with Gasteiger partial charge in [0, 0.05) is 9.81 Å². The summed E-state index contributed by atoms with van der Waals surface area (Å²) >= 11 is 0. The van der Waals surface area contributed by atoms with Crippen molar-refractivity contribution in [3.63, 3.8) is 0 Å². The molecule has 1 aliphatic rings. The van der Waals surface area contributed by atoms with Crippen LogP contribution in [0.5, 0.6) is 5.75 Å². The van der Waals surface area contributed by atoms with E-state index in [0.29, 0.717) is 22.8 Å². The van der Waals surface area contributed by atoms with Gasteiger partial charge < -0.3 is 19.5 Å². The first-order valence-corrected chi connectivity index (χ1v) is 14.3. The van der Waals surface area contributed by atoms with Crippen molar-refractivity contribution in [3.05, 3.63) is 127 Å². The van der Waals surface area contributed by atoms with Crippen molar-refractivity contribution in [2.24, 2.45) is 0 Å². The summed E-state index contributed by atoms with van der Waals surface area (Å²) in [5, 5.41) is 11.0. The van der Waals surface area contributed by atoms with Gasteiger partial charge >= 0.3 is 21.1 Å². The molecule has 4 aromatic carbocycles. The largest absolute Gasteiger partial charge is 2.00 e. The Morgan fingerprint density at radius 3 is 2.19 bits per heavy atom. The van der Waals surface area contributed by atoms with Gasteiger partial charge in [-0.05, 0) is 83.9 Å². The van der Waals surface area contributed by atoms with Gasteiger partial charge in [-0.2, -0.15) is 6.67 Å². The molecule has 0 fully saturated rings. The third kappa shape index (κ3) is 6.05. The van der Waals surface area contributed by atoms with Crippen LogP contribution in [0.25, 0.3) is 39.5 Å². The van der Waals surface area contributed by atoms with Crippen LogP contribution in [0.3, 0.4) is 0 Å². The number of hydrogen-bond donors (Lipinski definition) is 1. The first kappa shape index (κ1) is 26.5. The van der Waals surface area contributed by atoms with Gasteiger partial charge in [0.15, 0.2) is 0 Å². The molecule has 6 heteroatoms. The minimum Gasteiger partial charge on any atom is -0.510 e. The Morgan fingerprint density at radius 1 is 0.837 bits per heavy atom. The molecule has 0 bridgehead atoms. The molecule has 1 aromatic heterocycles. The predicted octanol–water partition coefficient (Wildman–Crippen LogP) is 8.97. The Bertz CT molecular complexity index is 1840. The third-order valence-corrected chi connectivity index (χ3v) is 7.58. The Balaban J connectivity index is 0.00000417. The molecule has 0 spiro atoms. The summed E-state index contributed by atoms with van der Waals surface area (Å²) < 4.78 is 25.3. The molecule has 0 amide bonds. The number of phenols is 1. The van der Waals surface area contributed by atoms with Crippen LogP contribution in [0.15, 0.2) is 104 Å². The minimum atomic E-state index is -2.27. The smallest absolute Gasteiger partial charge is 0.510 e. The number of nitrogens with zero attached hydrogens (tertiary/aromatic N) is 4. The Labute approximate surface area is 273 Å². The van der Waals surface area contributed by atoms with Crippen molar-refractivity contribution >= 4 is 5.69 Å². The summed E-state index contributed by atoms with van der Waals surface area (Å²) in [5.74, 6) is 1.18. The van der Waals surface area contributed by atoms with Crippen molar-refractivity contribution in [2.45, 2.75) is 39.5 Å². The van der Waals surface area contributed by atoms with Gasteiger partial charge in [-0.15, -0.1) is 29.8 Å². The second kappa shape index (κ2) is 12.6. The molecule has 0 unspecified atom stereocenters. The summed E-state index contributed by atoms with van der Waals surface area (Å²) in [4.78, 5) is 8.04. The number of aromatic nitrogens is 2. The maximum absolute atomic E-state index is 11.0. The van der Waals surface area contributed by atoms with E-state index < -0.39 is 6.98 Å². The van der Waals surface area contributed by atoms with E-state index in [4.69, 9.17) is 9.10 Å². The normalized spacial score (nSPS) is 14.1. The van der Waals surface area contributed by atoms with Gasteiger partial charge in [0.1, 0.15) is 11.6 Å². The van der Waals surface area contributed by atoms with Gasteiger partial charge in [0.25, 0.3) is 0 Å². The first-order chi connectivity index (χ1) is 21.5. The average Bonchev–Trinajstić information content (AvgIpc) is 3.70. The molecule has 43 heavy (non-hydrogen) atoms. The van der Waals surface area contributed by atoms with Crippen molar-refractivity contribution in [2.75, 3.05) is 11.9 Å². The van der Waals surface area contributed by atoms with E-state index in [9.17, 15) is 5.11 Å². The predicted molar refractivity (Wildman–Crippen MR) is 172 cm³/mol. The topological polar surface area (TPSA) is 44.5 Å². The van der Waals surface area contributed by atoms with E-state index in [1.54, 1.807) is 23.2 Å². The Hall–Kier alpha value is -4.08. The van der Waals surface area contributed by atoms with Crippen molar-refractivity contribution in [1.82, 2.24) is 14.5 Å². The third-order valence-electron chi connectivity index (χ3n) is 7.58. The molecule has 0 radical (unpaired) electrons. The molecule has 220 valence electrons. The SMILES string of the molecule is [2H]C([2H])([2H])N1C=CN(c2[c-]c(-c3cn(-c4c(C(C)C)cc(-c5ccccc5)cc4C(C)C)c(-c4ccccc4O)n3)ccc2)[CH-]1.[Pt+2]. The van der Waals surface area contributed by atoms with E-state index in [-0.39, 0.29) is 38.7 Å². The van der Waals surface area contributed by atoms with Gasteiger partial charge in [0.2, 0.25) is 0 Å². The second-order valence-electron chi connectivity index (χ2n) is 11.2. The Morgan fingerprint density at radius 2 is 1.53 bits per heavy atom. The summed E-state index contributed by atoms with van der Waals surface area (Å²) in [6, 6.07) is 31.4. The fourth-order valence-electron chi connectivity index (χ4n) is 5.42. The molecule has 0 atom stereocenters. The van der Waals surface area contributed by atoms with Crippen molar-refractivity contribution in [1.29, 1.82) is 0 Å². The van der Waals surface area contributed by atoms with Crippen LogP contribution >= 0.6 is 0 Å². The van der Waals surface area contributed by atoms with Gasteiger partial charge in [-0.1, -0.05) is 75.8 Å². The number of rotatable bonds is 7. The Kier molecular flexibility index (Phi) is 7.81. The fraction of sp³-hybridized carbons (Fsp3) is 0.189. The molecular formula is C37H36N4OPt. The van der Waals surface area contributed by atoms with E-state index in [0.717, 1.165) is 16.8 Å². The van der Waals surface area contributed by atoms with Gasteiger partial charge in [0.05, 0.1) is 11.3 Å². The maximum atomic E-state index is 11.0. The summed E-state index contributed by atoms with van der Waals surface area (Å²) in [6.45, 7) is 8.08. The zero-order valence-electron chi connectivity index (χ0n) is 27.6. The molecule has 5 nitrogen and oxygen atoms in total. The van der Waals surface area contributed by atoms with Crippen LogP contribution in [0, 0.1) is 12.7 Å². The zero-order chi connectivity index (χ0) is 31.9. The number of hydrogen-bond acceptors (Lipinski definition) is 4. The molecule has 0 saturated carbocycles. The van der Waals surface area contributed by atoms with E-state index >= 15 is 0 Å². The van der Waals surface area contributed by atoms with Crippen LogP contribution in [0.2, 0.25) is 0 Å². The molecule has 6 rings (SSSR count). The van der Waals surface area contributed by atoms with Crippen LogP contribution in [-0.4, -0.2) is 26.5 Å². The average molecular weight is 751 g/mol. The maximum Gasteiger partial charge on any atom is 2.00 e. The number of benzene rings is 4. The van der Waals surface area contributed by atoms with E-state index in [2.05, 4.69) is 74.7 Å². The van der Waals surface area contributed by atoms with E-state index in [1.165, 1.54) is 34.5 Å². The number of aromatic hydroxyl groups is 1. The number of para-hydroxylation sites is 1. The van der Waals surface area contributed by atoms with Crippen LogP contribution in [0.1, 0.15) is 54.8 Å². The zero-order valence-corrected chi connectivity index (χ0v) is 26.9. The molecule has 1 aliphatic heterocycles. The molecule has 1 N–H and O–H groups in total. The van der Waals surface area contributed by atoms with Crippen LogP contribution in [0.4, 0.5) is 5.69 Å². The standard InChI is InChI=1S/C37H36N4O.Pt/c1-25(2)32-21-29(27-12-7-6-8-13-27)22-33(26(3)4)36(32)41-23-34(38-37(41)31-16-9-10-17-35(31)42)28-14-11-15-30(20-28)40-19-18-39(5)24-40;/h6-19,21-26,42H,1-5H3;/q-2;+2/i5D3;. The number of phenolic OH excluding ortho intramolecular Hbond substituents is 1. The minimum absolute atomic E-state index is 0. The monoisotopic (exact) mass is 750 g/mol. The molecule has 0 aliphatic carbocycles. The van der Waals surface area contributed by atoms with Gasteiger partial charge in [-0.25, -0.2) is 0 Å². The van der Waals surface area contributed by atoms with E-state index in [1.807, 2.05) is 42.6 Å². The summed E-state index contributed by atoms with van der Waals surface area (Å²) in [7, 11) is 0. The second-order valence-corrected chi connectivity index (χ2v) is 11.2. The summed E-state index contributed by atoms with van der Waals surface area (Å²) in [6.07, 6.45) is 5.25. The molecule has 2 heterocycles. The molecule has 0 saturated heterocycles. The number of imidazole rings is 1. The molecular weight excluding hydrogens is 712 g/mol. The van der Waals surface area contributed by atoms with Gasteiger partial charge in [-0.3, -0.25) is 4.98 Å². The fourth-order valence-corrected chi connectivity index (χ4v) is 5.42. The summed E-state index contributed by atoms with van der Waals surface area (Å²) in [5.41, 5.74) is 8.48. The number of anilines is 1. The van der Waals surface area contributed by atoms with Crippen LogP contribution in [-0.2, 0) is 21.1 Å². The first-order valence-electron chi connectivity index (χ1n) is 15.8. The molecule has 5 aromatic rings.